The first-order chi connectivity index (χ1) is 15.3. The lowest BCUT2D eigenvalue weighted by Gasteiger charge is -2.34. The number of hydrogen-bond acceptors (Lipinski definition) is 5. The van der Waals surface area contributed by atoms with E-state index in [-0.39, 0.29) is 11.7 Å². The zero-order chi connectivity index (χ0) is 22.8. The molecule has 0 radical (unpaired) electrons. The highest BCUT2D eigenvalue weighted by Crippen LogP contribution is 2.21. The normalized spacial score (nSPS) is 14.7. The number of nitrogens with zero attached hydrogens (tertiary/aromatic N) is 4. The van der Waals surface area contributed by atoms with E-state index in [1.807, 2.05) is 73.6 Å². The van der Waals surface area contributed by atoms with Gasteiger partial charge in [-0.3, -0.25) is 19.1 Å². The molecule has 0 aliphatic carbocycles. The molecule has 7 nitrogen and oxygen atoms in total. The van der Waals surface area contributed by atoms with Crippen molar-refractivity contribution in [3.8, 4) is 5.82 Å². The molecule has 1 saturated heterocycles. The van der Waals surface area contributed by atoms with Crippen LogP contribution >= 0.6 is 0 Å². The molecule has 0 N–H and O–H groups in total. The zero-order valence-electron chi connectivity index (χ0n) is 19.2. The van der Waals surface area contributed by atoms with E-state index in [0.29, 0.717) is 50.5 Å². The summed E-state index contributed by atoms with van der Waals surface area (Å²) in [7, 11) is 0. The van der Waals surface area contributed by atoms with Crippen LogP contribution in [0.3, 0.4) is 0 Å². The lowest BCUT2D eigenvalue weighted by Crippen LogP contribution is -2.50. The number of carbonyl (C=O) groups excluding carboxylic acids is 2. The summed E-state index contributed by atoms with van der Waals surface area (Å²) < 4.78 is 7.15. The number of aryl methyl sites for hydroxylation is 3. The summed E-state index contributed by atoms with van der Waals surface area (Å²) in [5, 5.41) is 4.08. The Balaban J connectivity index is 1.35. The van der Waals surface area contributed by atoms with Crippen molar-refractivity contribution in [1.82, 2.24) is 19.5 Å². The average Bonchev–Trinajstić information content (AvgIpc) is 3.32. The second-order valence-corrected chi connectivity index (χ2v) is 8.60. The van der Waals surface area contributed by atoms with Gasteiger partial charge in [0.25, 0.3) is 0 Å². The average molecular weight is 435 g/mol. The molecule has 0 bridgehead atoms. The molecule has 1 aliphatic rings. The molecule has 2 aromatic heterocycles. The first-order valence-electron chi connectivity index (χ1n) is 11.0. The van der Waals surface area contributed by atoms with E-state index >= 15 is 0 Å². The number of piperazine rings is 1. The predicted octanol–water partition coefficient (Wildman–Crippen LogP) is 3.27. The summed E-state index contributed by atoms with van der Waals surface area (Å²) in [5.41, 5.74) is 4.75. The van der Waals surface area contributed by atoms with Crippen LogP contribution in [0, 0.1) is 27.7 Å². The van der Waals surface area contributed by atoms with Crippen LogP contribution < -0.4 is 0 Å². The summed E-state index contributed by atoms with van der Waals surface area (Å²) in [6.45, 7) is 10.8. The molecule has 32 heavy (non-hydrogen) atoms. The third-order valence-electron chi connectivity index (χ3n) is 6.27. The lowest BCUT2D eigenvalue weighted by atomic mass is 10.1. The van der Waals surface area contributed by atoms with Gasteiger partial charge in [0, 0.05) is 49.2 Å². The van der Waals surface area contributed by atoms with E-state index in [1.54, 1.807) is 0 Å². The van der Waals surface area contributed by atoms with Gasteiger partial charge < -0.3 is 9.42 Å². The topological polar surface area (TPSA) is 71.6 Å². The number of hydrogen-bond donors (Lipinski definition) is 0. The van der Waals surface area contributed by atoms with Crippen molar-refractivity contribution >= 4 is 11.7 Å². The third-order valence-corrected chi connectivity index (χ3v) is 6.27. The van der Waals surface area contributed by atoms with Crippen LogP contribution in [-0.2, 0) is 11.2 Å². The molecule has 168 valence electrons. The van der Waals surface area contributed by atoms with Gasteiger partial charge in [0.05, 0.1) is 13.0 Å². The number of Topliss-reactive ketones (excluding diaryl/α,β-unsaturated/α-hetero) is 1. The molecule has 3 heterocycles. The fraction of sp³-hybridized carbons (Fsp3) is 0.400. The van der Waals surface area contributed by atoms with Gasteiger partial charge in [-0.05, 0) is 44.9 Å². The van der Waals surface area contributed by atoms with Crippen molar-refractivity contribution in [2.45, 2.75) is 34.1 Å². The van der Waals surface area contributed by atoms with Crippen LogP contribution in [0.1, 0.15) is 38.6 Å². The smallest absolute Gasteiger partial charge is 0.227 e. The maximum Gasteiger partial charge on any atom is 0.227 e. The highest BCUT2D eigenvalue weighted by Gasteiger charge is 2.25. The standard InChI is InChI=1S/C25H30N4O3/c1-17-7-5-6-8-21(17)15-25(31)28-11-9-27(10-12-28)16-23(30)22-13-18(2)29(20(22)4)24-14-19(3)32-26-24/h5-8,13-14H,9-12,15-16H2,1-4H3. The van der Waals surface area contributed by atoms with Crippen molar-refractivity contribution in [2.75, 3.05) is 32.7 Å². The van der Waals surface area contributed by atoms with Gasteiger partial charge in [0.2, 0.25) is 5.91 Å². The number of benzene rings is 1. The minimum absolute atomic E-state index is 0.0873. The first kappa shape index (κ1) is 22.0. The molecule has 0 unspecified atom stereocenters. The summed E-state index contributed by atoms with van der Waals surface area (Å²) in [4.78, 5) is 29.8. The van der Waals surface area contributed by atoms with E-state index in [2.05, 4.69) is 10.1 Å². The molecule has 0 spiro atoms. The summed E-state index contributed by atoms with van der Waals surface area (Å²) in [5.74, 6) is 1.66. The largest absolute Gasteiger partial charge is 0.360 e. The summed E-state index contributed by atoms with van der Waals surface area (Å²) in [6, 6.07) is 11.8. The molecule has 0 atom stereocenters. The van der Waals surface area contributed by atoms with Gasteiger partial charge in [-0.25, -0.2) is 0 Å². The number of amides is 1. The Morgan fingerprint density at radius 2 is 1.72 bits per heavy atom. The third kappa shape index (κ3) is 4.53. The van der Waals surface area contributed by atoms with Gasteiger partial charge in [0.1, 0.15) is 5.76 Å². The van der Waals surface area contributed by atoms with Crippen molar-refractivity contribution < 1.29 is 14.1 Å². The van der Waals surface area contributed by atoms with Crippen LogP contribution in [0.25, 0.3) is 5.82 Å². The molecule has 3 aromatic rings. The van der Waals surface area contributed by atoms with E-state index < -0.39 is 0 Å². The van der Waals surface area contributed by atoms with Gasteiger partial charge in [0.15, 0.2) is 11.6 Å². The SMILES string of the molecule is Cc1cc(-n2c(C)cc(C(=O)CN3CCN(C(=O)Cc4ccccc4C)CC3)c2C)no1. The van der Waals surface area contributed by atoms with E-state index in [1.165, 1.54) is 0 Å². The van der Waals surface area contributed by atoms with Gasteiger partial charge in [-0.1, -0.05) is 29.4 Å². The van der Waals surface area contributed by atoms with Gasteiger partial charge >= 0.3 is 0 Å². The van der Waals surface area contributed by atoms with Gasteiger partial charge in [-0.2, -0.15) is 0 Å². The Morgan fingerprint density at radius 3 is 2.38 bits per heavy atom. The van der Waals surface area contributed by atoms with Gasteiger partial charge in [-0.15, -0.1) is 0 Å². The van der Waals surface area contributed by atoms with Crippen LogP contribution in [0.4, 0.5) is 0 Å². The summed E-state index contributed by atoms with van der Waals surface area (Å²) >= 11 is 0. The second-order valence-electron chi connectivity index (χ2n) is 8.60. The lowest BCUT2D eigenvalue weighted by molar-refractivity contribution is -0.132. The molecule has 7 heteroatoms. The van der Waals surface area contributed by atoms with Crippen LogP contribution in [0.2, 0.25) is 0 Å². The van der Waals surface area contributed by atoms with E-state index in [0.717, 1.165) is 28.3 Å². The number of aromatic nitrogens is 2. The Morgan fingerprint density at radius 1 is 1.00 bits per heavy atom. The quantitative estimate of drug-likeness (QED) is 0.557. The van der Waals surface area contributed by atoms with Crippen LogP contribution in [-0.4, -0.2) is 63.9 Å². The molecule has 1 aliphatic heterocycles. The first-order valence-corrected chi connectivity index (χ1v) is 11.0. The maximum absolute atomic E-state index is 13.1. The molecule has 4 rings (SSSR count). The van der Waals surface area contributed by atoms with Crippen molar-refractivity contribution in [3.63, 3.8) is 0 Å². The number of ketones is 1. The molecule has 1 amide bonds. The monoisotopic (exact) mass is 434 g/mol. The minimum atomic E-state index is 0.0873. The zero-order valence-corrected chi connectivity index (χ0v) is 19.2. The van der Waals surface area contributed by atoms with Crippen molar-refractivity contribution in [1.29, 1.82) is 0 Å². The van der Waals surface area contributed by atoms with E-state index in [9.17, 15) is 9.59 Å². The van der Waals surface area contributed by atoms with Crippen molar-refractivity contribution in [2.24, 2.45) is 0 Å². The maximum atomic E-state index is 13.1. The molecule has 1 aromatic carbocycles. The van der Waals surface area contributed by atoms with Crippen molar-refractivity contribution in [3.05, 3.63) is 70.2 Å². The Bertz CT molecular complexity index is 1140. The second kappa shape index (κ2) is 9.12. The summed E-state index contributed by atoms with van der Waals surface area (Å²) in [6.07, 6.45) is 0.430. The van der Waals surface area contributed by atoms with Crippen LogP contribution in [0.5, 0.6) is 0 Å². The molecule has 1 fully saturated rings. The molecule has 0 saturated carbocycles. The Hall–Kier alpha value is -3.19. The van der Waals surface area contributed by atoms with E-state index in [4.69, 9.17) is 4.52 Å². The Labute approximate surface area is 188 Å². The fourth-order valence-electron chi connectivity index (χ4n) is 4.38. The number of rotatable bonds is 6. The van der Waals surface area contributed by atoms with Crippen LogP contribution in [0.15, 0.2) is 40.9 Å². The minimum Gasteiger partial charge on any atom is -0.360 e. The predicted molar refractivity (Wildman–Crippen MR) is 122 cm³/mol. The molecular formula is C25H30N4O3. The Kier molecular flexibility index (Phi) is 6.28. The molecular weight excluding hydrogens is 404 g/mol. The highest BCUT2D eigenvalue weighted by molar-refractivity contribution is 5.99. The highest BCUT2D eigenvalue weighted by atomic mass is 16.5. The fourth-order valence-corrected chi connectivity index (χ4v) is 4.38. The number of carbonyl (C=O) groups is 2.